The Kier molecular flexibility index (Phi) is 7.00. The summed E-state index contributed by atoms with van der Waals surface area (Å²) in [7, 11) is 0. The van der Waals surface area contributed by atoms with E-state index in [-0.39, 0.29) is 11.8 Å². The van der Waals surface area contributed by atoms with Crippen LogP contribution in [-0.2, 0) is 28.9 Å². The van der Waals surface area contributed by atoms with Gasteiger partial charge in [0.15, 0.2) is 0 Å². The van der Waals surface area contributed by atoms with Crippen molar-refractivity contribution in [3.05, 3.63) is 45.9 Å². The summed E-state index contributed by atoms with van der Waals surface area (Å²) in [6.45, 7) is 4.86. The number of nitrogens with two attached hydrogens (primary N) is 1. The molecule has 0 saturated carbocycles. The van der Waals surface area contributed by atoms with E-state index in [1.54, 1.807) is 18.3 Å². The van der Waals surface area contributed by atoms with E-state index < -0.39 is 0 Å². The molecular formula is C20H27N5O2S. The van der Waals surface area contributed by atoms with Gasteiger partial charge in [-0.1, -0.05) is 0 Å². The highest BCUT2D eigenvalue weighted by molar-refractivity contribution is 7.10. The van der Waals surface area contributed by atoms with Gasteiger partial charge in [0, 0.05) is 50.1 Å². The van der Waals surface area contributed by atoms with Crippen molar-refractivity contribution in [2.75, 3.05) is 31.1 Å². The van der Waals surface area contributed by atoms with Gasteiger partial charge in [0.2, 0.25) is 11.8 Å². The van der Waals surface area contributed by atoms with Crippen molar-refractivity contribution in [2.24, 2.45) is 5.84 Å². The fraction of sp³-hybridized carbons (Fsp3) is 0.450. The summed E-state index contributed by atoms with van der Waals surface area (Å²) >= 11 is 1.68. The van der Waals surface area contributed by atoms with E-state index in [2.05, 4.69) is 38.9 Å². The maximum atomic E-state index is 11.4. The van der Waals surface area contributed by atoms with Crippen LogP contribution < -0.4 is 16.2 Å². The van der Waals surface area contributed by atoms with Crippen LogP contribution >= 0.6 is 11.3 Å². The Labute approximate surface area is 169 Å². The second-order valence-corrected chi connectivity index (χ2v) is 7.99. The first-order valence-corrected chi connectivity index (χ1v) is 10.4. The number of hydrogen-bond acceptors (Lipinski definition) is 6. The van der Waals surface area contributed by atoms with E-state index in [0.29, 0.717) is 6.42 Å². The number of nitrogens with zero attached hydrogens (tertiary/aromatic N) is 3. The summed E-state index contributed by atoms with van der Waals surface area (Å²) in [4.78, 5) is 32.6. The van der Waals surface area contributed by atoms with Crippen LogP contribution in [0.15, 0.2) is 29.8 Å². The van der Waals surface area contributed by atoms with Crippen molar-refractivity contribution in [1.82, 2.24) is 15.3 Å². The molecule has 7 nitrogen and oxygen atoms in total. The van der Waals surface area contributed by atoms with Gasteiger partial charge in [-0.3, -0.25) is 20.0 Å². The number of aromatic nitrogens is 1. The lowest BCUT2D eigenvalue weighted by molar-refractivity contribution is -0.129. The second-order valence-electron chi connectivity index (χ2n) is 6.99. The van der Waals surface area contributed by atoms with Crippen molar-refractivity contribution in [3.63, 3.8) is 0 Å². The number of carbonyl (C=O) groups is 2. The van der Waals surface area contributed by atoms with Gasteiger partial charge in [0.25, 0.3) is 0 Å². The molecule has 0 aromatic carbocycles. The summed E-state index contributed by atoms with van der Waals surface area (Å²) < 4.78 is 0. The molecule has 28 heavy (non-hydrogen) atoms. The molecule has 3 N–H and O–H groups in total. The quantitative estimate of drug-likeness (QED) is 0.417. The Balaban J connectivity index is 1.47. The summed E-state index contributed by atoms with van der Waals surface area (Å²) in [5, 5.41) is 2.15. The first-order chi connectivity index (χ1) is 13.5. The predicted octanol–water partition coefficient (Wildman–Crippen LogP) is 1.52. The minimum Gasteiger partial charge on any atom is -0.367 e. The lowest BCUT2D eigenvalue weighted by atomic mass is 10.1. The number of aryl methyl sites for hydroxylation is 3. The van der Waals surface area contributed by atoms with Crippen molar-refractivity contribution < 1.29 is 9.59 Å². The lowest BCUT2D eigenvalue weighted by Crippen LogP contribution is -2.48. The minimum atomic E-state index is -0.137. The predicted molar refractivity (Wildman–Crippen MR) is 111 cm³/mol. The minimum absolute atomic E-state index is 0.137. The molecule has 0 unspecified atom stereocenters. The van der Waals surface area contributed by atoms with Crippen LogP contribution in [0.4, 0.5) is 5.69 Å². The summed E-state index contributed by atoms with van der Waals surface area (Å²) in [5.41, 5.74) is 5.62. The molecule has 2 aromatic rings. The first-order valence-electron chi connectivity index (χ1n) is 9.56. The number of hydrogen-bond donors (Lipinski definition) is 2. The van der Waals surface area contributed by atoms with Crippen LogP contribution in [0.25, 0.3) is 0 Å². The molecular weight excluding hydrogens is 374 g/mol. The Hall–Kier alpha value is -2.45. The van der Waals surface area contributed by atoms with Crippen molar-refractivity contribution in [2.45, 2.75) is 32.6 Å². The lowest BCUT2D eigenvalue weighted by Gasteiger charge is -2.35. The number of nitrogens with one attached hydrogen (secondary N) is 1. The molecule has 3 rings (SSSR count). The number of hydrazine groups is 1. The number of amides is 2. The second kappa shape index (κ2) is 9.66. The molecule has 0 spiro atoms. The van der Waals surface area contributed by atoms with Crippen molar-refractivity contribution in [3.8, 4) is 0 Å². The van der Waals surface area contributed by atoms with Gasteiger partial charge in [-0.2, -0.15) is 0 Å². The fourth-order valence-electron chi connectivity index (χ4n) is 3.30. The van der Waals surface area contributed by atoms with Gasteiger partial charge < -0.3 is 9.80 Å². The Morgan fingerprint density at radius 1 is 1.18 bits per heavy atom. The first kappa shape index (κ1) is 20.3. The van der Waals surface area contributed by atoms with Crippen LogP contribution in [-0.4, -0.2) is 47.9 Å². The van der Waals surface area contributed by atoms with Crippen LogP contribution in [0.5, 0.6) is 0 Å². The normalized spacial score (nSPS) is 14.2. The highest BCUT2D eigenvalue weighted by Crippen LogP contribution is 2.19. The molecule has 0 atom stereocenters. The standard InChI is InChI=1S/C20H27N5O2S/c1-15(26)24-8-10-25(11-9-24)18-5-4-17(22-13-18)3-2-16-12-19(28-14-16)6-7-20(27)23-21/h4-5,12-14H,2-3,6-11,21H2,1H3,(H,23,27). The number of piperazine rings is 1. The van der Waals surface area contributed by atoms with E-state index >= 15 is 0 Å². The average Bonchev–Trinajstić information content (AvgIpc) is 3.19. The monoisotopic (exact) mass is 401 g/mol. The van der Waals surface area contributed by atoms with Gasteiger partial charge in [0.05, 0.1) is 11.9 Å². The van der Waals surface area contributed by atoms with Gasteiger partial charge in [-0.25, -0.2) is 5.84 Å². The molecule has 1 saturated heterocycles. The topological polar surface area (TPSA) is 91.6 Å². The maximum Gasteiger partial charge on any atom is 0.234 e. The number of rotatable bonds is 7. The summed E-state index contributed by atoms with van der Waals surface area (Å²) in [5.74, 6) is 5.12. The molecule has 3 heterocycles. The number of anilines is 1. The van der Waals surface area contributed by atoms with Crippen LogP contribution in [0, 0.1) is 0 Å². The van der Waals surface area contributed by atoms with E-state index in [1.165, 1.54) is 10.4 Å². The summed E-state index contributed by atoms with van der Waals surface area (Å²) in [6.07, 6.45) is 4.89. The highest BCUT2D eigenvalue weighted by atomic mass is 32.1. The number of carbonyl (C=O) groups excluding carboxylic acids is 2. The number of pyridine rings is 1. The number of thiophene rings is 1. The third kappa shape index (κ3) is 5.53. The Bertz CT molecular complexity index is 797. The van der Waals surface area contributed by atoms with Gasteiger partial charge in [-0.15, -0.1) is 11.3 Å². The zero-order chi connectivity index (χ0) is 19.9. The smallest absolute Gasteiger partial charge is 0.234 e. The van der Waals surface area contributed by atoms with Gasteiger partial charge in [0.1, 0.15) is 0 Å². The van der Waals surface area contributed by atoms with Crippen LogP contribution in [0.2, 0.25) is 0 Å². The molecule has 0 bridgehead atoms. The molecule has 0 radical (unpaired) electrons. The van der Waals surface area contributed by atoms with E-state index in [0.717, 1.165) is 56.8 Å². The highest BCUT2D eigenvalue weighted by Gasteiger charge is 2.18. The third-order valence-electron chi connectivity index (χ3n) is 5.04. The van der Waals surface area contributed by atoms with Gasteiger partial charge in [-0.05, 0) is 48.4 Å². The molecule has 2 aromatic heterocycles. The molecule has 2 amide bonds. The van der Waals surface area contributed by atoms with E-state index in [4.69, 9.17) is 5.84 Å². The maximum absolute atomic E-state index is 11.4. The van der Waals surface area contributed by atoms with Gasteiger partial charge >= 0.3 is 0 Å². The SMILES string of the molecule is CC(=O)N1CCN(c2ccc(CCc3csc(CCC(=O)NN)c3)nc2)CC1. The largest absolute Gasteiger partial charge is 0.367 e. The zero-order valence-electron chi connectivity index (χ0n) is 16.2. The molecule has 1 aliphatic heterocycles. The van der Waals surface area contributed by atoms with E-state index in [9.17, 15) is 9.59 Å². The van der Waals surface area contributed by atoms with Crippen LogP contribution in [0.3, 0.4) is 0 Å². The molecule has 1 fully saturated rings. The third-order valence-corrected chi connectivity index (χ3v) is 6.08. The molecule has 1 aliphatic rings. The van der Waals surface area contributed by atoms with Crippen molar-refractivity contribution in [1.29, 1.82) is 0 Å². The molecule has 150 valence electrons. The Morgan fingerprint density at radius 3 is 2.61 bits per heavy atom. The van der Waals surface area contributed by atoms with Crippen molar-refractivity contribution >= 4 is 28.8 Å². The van der Waals surface area contributed by atoms with Crippen LogP contribution in [0.1, 0.15) is 29.5 Å². The summed E-state index contributed by atoms with van der Waals surface area (Å²) in [6, 6.07) is 6.37. The Morgan fingerprint density at radius 2 is 1.96 bits per heavy atom. The van der Waals surface area contributed by atoms with E-state index in [1.807, 2.05) is 11.1 Å². The molecule has 8 heteroatoms. The molecule has 0 aliphatic carbocycles. The zero-order valence-corrected chi connectivity index (χ0v) is 17.0. The fourth-order valence-corrected chi connectivity index (χ4v) is 4.23. The average molecular weight is 402 g/mol.